The monoisotopic (exact) mass is 323 g/mol. The van der Waals surface area contributed by atoms with E-state index in [9.17, 15) is 5.11 Å². The zero-order valence-electron chi connectivity index (χ0n) is 14.2. The Hall–Kier alpha value is -0.670. The molecule has 126 valence electrons. The Balaban J connectivity index is 1.82. The highest BCUT2D eigenvalue weighted by Crippen LogP contribution is 2.21. The SMILES string of the molecule is CCCCCC/C=C\CCCCCCCC(O)c1nccs1. The largest absolute Gasteiger partial charge is 0.386 e. The number of aliphatic hydroxyl groups is 1. The molecule has 22 heavy (non-hydrogen) atoms. The van der Waals surface area contributed by atoms with Crippen molar-refractivity contribution < 1.29 is 5.11 Å². The molecular weight excluding hydrogens is 290 g/mol. The fraction of sp³-hybridized carbons (Fsp3) is 0.737. The summed E-state index contributed by atoms with van der Waals surface area (Å²) in [5.74, 6) is 0. The van der Waals surface area contributed by atoms with Gasteiger partial charge < -0.3 is 5.11 Å². The number of nitrogens with zero attached hydrogens (tertiary/aromatic N) is 1. The van der Waals surface area contributed by atoms with Crippen molar-refractivity contribution in [1.29, 1.82) is 0 Å². The lowest BCUT2D eigenvalue weighted by Crippen LogP contribution is -1.96. The summed E-state index contributed by atoms with van der Waals surface area (Å²) >= 11 is 1.55. The summed E-state index contributed by atoms with van der Waals surface area (Å²) in [5.41, 5.74) is 0. The predicted octanol–water partition coefficient (Wildman–Crippen LogP) is 6.43. The zero-order valence-corrected chi connectivity index (χ0v) is 15.0. The van der Waals surface area contributed by atoms with Crippen molar-refractivity contribution in [3.63, 3.8) is 0 Å². The number of hydrogen-bond acceptors (Lipinski definition) is 3. The number of allylic oxidation sites excluding steroid dienone is 2. The predicted molar refractivity (Wildman–Crippen MR) is 97.3 cm³/mol. The fourth-order valence-corrected chi connectivity index (χ4v) is 3.24. The first-order valence-corrected chi connectivity index (χ1v) is 9.95. The maximum absolute atomic E-state index is 9.93. The third kappa shape index (κ3) is 10.1. The van der Waals surface area contributed by atoms with Crippen LogP contribution in [0.4, 0.5) is 0 Å². The first-order valence-electron chi connectivity index (χ1n) is 9.07. The average molecular weight is 324 g/mol. The molecule has 3 heteroatoms. The minimum absolute atomic E-state index is 0.351. The van der Waals surface area contributed by atoms with Crippen molar-refractivity contribution >= 4 is 11.3 Å². The highest BCUT2D eigenvalue weighted by molar-refractivity contribution is 7.09. The number of aliphatic hydroxyl groups excluding tert-OH is 1. The smallest absolute Gasteiger partial charge is 0.121 e. The number of aromatic nitrogens is 1. The normalized spacial score (nSPS) is 13.0. The van der Waals surface area contributed by atoms with Gasteiger partial charge in [0.05, 0.1) is 0 Å². The molecule has 1 atom stereocenters. The first kappa shape index (κ1) is 19.4. The van der Waals surface area contributed by atoms with Gasteiger partial charge in [0.15, 0.2) is 0 Å². The minimum atomic E-state index is -0.351. The van der Waals surface area contributed by atoms with Crippen LogP contribution in [-0.4, -0.2) is 10.1 Å². The molecule has 0 aliphatic rings. The maximum Gasteiger partial charge on any atom is 0.121 e. The molecule has 0 saturated heterocycles. The van der Waals surface area contributed by atoms with E-state index in [1.165, 1.54) is 64.2 Å². The van der Waals surface area contributed by atoms with Crippen molar-refractivity contribution in [2.75, 3.05) is 0 Å². The van der Waals surface area contributed by atoms with Gasteiger partial charge in [0, 0.05) is 11.6 Å². The molecule has 1 aromatic heterocycles. The van der Waals surface area contributed by atoms with Gasteiger partial charge in [0.2, 0.25) is 0 Å². The zero-order chi connectivity index (χ0) is 15.9. The quantitative estimate of drug-likeness (QED) is 0.316. The molecule has 0 amide bonds. The molecular formula is C19H33NOS. The summed E-state index contributed by atoms with van der Waals surface area (Å²) in [4.78, 5) is 4.16. The van der Waals surface area contributed by atoms with E-state index in [0.29, 0.717) is 0 Å². The van der Waals surface area contributed by atoms with Gasteiger partial charge in [-0.1, -0.05) is 64.0 Å². The summed E-state index contributed by atoms with van der Waals surface area (Å²) in [5, 5.41) is 12.7. The second-order valence-electron chi connectivity index (χ2n) is 6.05. The summed E-state index contributed by atoms with van der Waals surface area (Å²) < 4.78 is 0. The topological polar surface area (TPSA) is 33.1 Å². The van der Waals surface area contributed by atoms with Crippen LogP contribution >= 0.6 is 11.3 Å². The molecule has 1 heterocycles. The van der Waals surface area contributed by atoms with E-state index in [2.05, 4.69) is 24.1 Å². The molecule has 1 rings (SSSR count). The highest BCUT2D eigenvalue weighted by Gasteiger charge is 2.08. The lowest BCUT2D eigenvalue weighted by atomic mass is 10.1. The molecule has 0 bridgehead atoms. The Morgan fingerprint density at radius 3 is 2.27 bits per heavy atom. The van der Waals surface area contributed by atoms with E-state index in [4.69, 9.17) is 0 Å². The van der Waals surface area contributed by atoms with Crippen LogP contribution < -0.4 is 0 Å². The van der Waals surface area contributed by atoms with Crippen LogP contribution in [0.3, 0.4) is 0 Å². The molecule has 0 saturated carbocycles. The molecule has 2 nitrogen and oxygen atoms in total. The number of unbranched alkanes of at least 4 members (excludes halogenated alkanes) is 9. The Labute approximate surface area is 140 Å². The second-order valence-corrected chi connectivity index (χ2v) is 6.98. The van der Waals surface area contributed by atoms with Gasteiger partial charge in [-0.25, -0.2) is 4.98 Å². The molecule has 0 aromatic carbocycles. The van der Waals surface area contributed by atoms with Crippen molar-refractivity contribution in [2.45, 2.75) is 90.1 Å². The molecule has 1 N–H and O–H groups in total. The van der Waals surface area contributed by atoms with Crippen LogP contribution in [0.25, 0.3) is 0 Å². The van der Waals surface area contributed by atoms with Gasteiger partial charge in [-0.3, -0.25) is 0 Å². The summed E-state index contributed by atoms with van der Waals surface area (Å²) in [6.45, 7) is 2.26. The van der Waals surface area contributed by atoms with E-state index < -0.39 is 0 Å². The second kappa shape index (κ2) is 14.0. The van der Waals surface area contributed by atoms with Crippen LogP contribution in [0, 0.1) is 0 Å². The number of thiazole rings is 1. The van der Waals surface area contributed by atoms with Gasteiger partial charge in [0.1, 0.15) is 11.1 Å². The Morgan fingerprint density at radius 2 is 1.64 bits per heavy atom. The van der Waals surface area contributed by atoms with Crippen molar-refractivity contribution in [1.82, 2.24) is 4.98 Å². The maximum atomic E-state index is 9.93. The molecule has 0 aliphatic heterocycles. The molecule has 0 spiro atoms. The number of rotatable bonds is 14. The lowest BCUT2D eigenvalue weighted by Gasteiger charge is -2.06. The molecule has 1 aromatic rings. The van der Waals surface area contributed by atoms with Crippen LogP contribution in [0.1, 0.15) is 95.1 Å². The molecule has 0 aliphatic carbocycles. The average Bonchev–Trinajstić information content (AvgIpc) is 3.06. The van der Waals surface area contributed by atoms with Gasteiger partial charge in [0.25, 0.3) is 0 Å². The fourth-order valence-electron chi connectivity index (χ4n) is 2.58. The molecule has 0 fully saturated rings. The van der Waals surface area contributed by atoms with Crippen LogP contribution in [0.5, 0.6) is 0 Å². The van der Waals surface area contributed by atoms with Crippen LogP contribution in [-0.2, 0) is 0 Å². The lowest BCUT2D eigenvalue weighted by molar-refractivity contribution is 0.163. The first-order chi connectivity index (χ1) is 10.8. The van der Waals surface area contributed by atoms with Crippen molar-refractivity contribution in [2.24, 2.45) is 0 Å². The summed E-state index contributed by atoms with van der Waals surface area (Å²) in [6, 6.07) is 0. The third-order valence-corrected chi connectivity index (χ3v) is 4.85. The van der Waals surface area contributed by atoms with Gasteiger partial charge >= 0.3 is 0 Å². The molecule has 0 radical (unpaired) electrons. The van der Waals surface area contributed by atoms with Gasteiger partial charge in [-0.05, 0) is 32.1 Å². The Morgan fingerprint density at radius 1 is 1.00 bits per heavy atom. The van der Waals surface area contributed by atoms with E-state index >= 15 is 0 Å². The van der Waals surface area contributed by atoms with Gasteiger partial charge in [-0.15, -0.1) is 11.3 Å². The van der Waals surface area contributed by atoms with Gasteiger partial charge in [-0.2, -0.15) is 0 Å². The standard InChI is InChI=1S/C19H33NOS/c1-2-3-4-5-6-7-8-9-10-11-12-13-14-15-18(21)19-20-16-17-22-19/h7-8,16-18,21H,2-6,9-15H2,1H3/b8-7-. The number of hydrogen-bond donors (Lipinski definition) is 1. The van der Waals surface area contributed by atoms with Crippen LogP contribution in [0.15, 0.2) is 23.7 Å². The van der Waals surface area contributed by atoms with E-state index in [0.717, 1.165) is 17.8 Å². The molecule has 1 unspecified atom stereocenters. The van der Waals surface area contributed by atoms with E-state index in [1.807, 2.05) is 5.38 Å². The van der Waals surface area contributed by atoms with Crippen molar-refractivity contribution in [3.05, 3.63) is 28.7 Å². The van der Waals surface area contributed by atoms with E-state index in [-0.39, 0.29) is 6.10 Å². The summed E-state index contributed by atoms with van der Waals surface area (Å²) in [6.07, 6.45) is 21.2. The van der Waals surface area contributed by atoms with Crippen LogP contribution in [0.2, 0.25) is 0 Å². The Kier molecular flexibility index (Phi) is 12.3. The van der Waals surface area contributed by atoms with Crippen molar-refractivity contribution in [3.8, 4) is 0 Å². The summed E-state index contributed by atoms with van der Waals surface area (Å²) in [7, 11) is 0. The highest BCUT2D eigenvalue weighted by atomic mass is 32.1. The minimum Gasteiger partial charge on any atom is -0.386 e. The Bertz CT molecular complexity index is 362. The van der Waals surface area contributed by atoms with E-state index in [1.54, 1.807) is 17.5 Å². The third-order valence-electron chi connectivity index (χ3n) is 3.98.